The molecule has 0 aromatic heterocycles. The van der Waals surface area contributed by atoms with Crippen molar-refractivity contribution in [1.29, 1.82) is 0 Å². The van der Waals surface area contributed by atoms with Gasteiger partial charge in [-0.25, -0.2) is 38.4 Å². The molecule has 0 unspecified atom stereocenters. The zero-order valence-corrected chi connectivity index (χ0v) is 93.9. The summed E-state index contributed by atoms with van der Waals surface area (Å²) in [5.41, 5.74) is 4.67. The zero-order chi connectivity index (χ0) is 112. The van der Waals surface area contributed by atoms with E-state index in [1.54, 1.807) is 60.7 Å². The average Bonchev–Trinajstić information content (AvgIpc) is 0.816. The van der Waals surface area contributed by atoms with Crippen molar-refractivity contribution in [2.45, 2.75) is 326 Å². The fraction of sp³-hybridized carbons (Fsp3) is 0.649. The van der Waals surface area contributed by atoms with Crippen molar-refractivity contribution in [1.82, 2.24) is 49.0 Å². The van der Waals surface area contributed by atoms with Gasteiger partial charge in [-0.2, -0.15) is 0 Å². The van der Waals surface area contributed by atoms with Crippen LogP contribution in [0.3, 0.4) is 0 Å². The Labute approximate surface area is 888 Å². The minimum Gasteiger partial charge on any atom is -0.451 e. The van der Waals surface area contributed by atoms with E-state index in [9.17, 15) is 67.1 Å². The van der Waals surface area contributed by atoms with Crippen molar-refractivity contribution >= 4 is 95.0 Å². The summed E-state index contributed by atoms with van der Waals surface area (Å²) >= 11 is 0. The molecule has 4 aromatic carbocycles. The SMILES string of the molecule is CC(C)C[C@H]1C(=O)O[C@H](Cc2ccc(CN3CCOCC3)cc2)C(=O)N(C)[C@@H](CC(C)C)C(=O)O[C@H](C)C(=O)N(C)[C@@H](CC(C)C)C(=O)O[C@H](Cc2ccc(CN3CCOCC3)cc2)C(=O)N(C)[C@@H](CC(C)C)C(=O)O[C@H](C)C(=O)N1C.CC(C)C[C@H]1C(=O)O[C@H](Cc2ccccc2)C(=O)N(C)[C@@H](CC(C)C)C(=O)O[C@H](C)C(=O)N(C)[C@@H](CC(C)C)C(=O)O[C@H](Cc2ccccc2)C(=O)N(C)[C@@H](CC(C)C)C(=O)O[C@H](C)C(=O)N1C. The Morgan fingerprint density at radius 3 is 0.540 bits per heavy atom. The highest BCUT2D eigenvalue weighted by Crippen LogP contribution is 2.31. The largest absolute Gasteiger partial charge is 0.451 e. The van der Waals surface area contributed by atoms with Gasteiger partial charge in [-0.1, -0.05) is 220 Å². The predicted octanol–water partition coefficient (Wildman–Crippen LogP) is 11.0. The maximum atomic E-state index is 15.0. The Kier molecular flexibility index (Phi) is 50.0. The molecule has 4 heterocycles. The lowest BCUT2D eigenvalue weighted by atomic mass is 9.99. The molecule has 36 nitrogen and oxygen atoms in total. The smallest absolute Gasteiger partial charge is 0.329 e. The van der Waals surface area contributed by atoms with E-state index < -0.39 is 192 Å². The van der Waals surface area contributed by atoms with Crippen LogP contribution in [0.25, 0.3) is 0 Å². The van der Waals surface area contributed by atoms with Crippen molar-refractivity contribution < 1.29 is 124 Å². The number of likely N-dealkylation sites (N-methyl/N-ethyl adjacent to an activating group) is 8. The van der Waals surface area contributed by atoms with E-state index in [2.05, 4.69) is 9.80 Å². The first-order valence-electron chi connectivity index (χ1n) is 53.2. The fourth-order valence-corrected chi connectivity index (χ4v) is 18.6. The minimum absolute atomic E-state index is 0.0814. The maximum absolute atomic E-state index is 15.0. The number of morpholine rings is 2. The molecule has 0 spiro atoms. The van der Waals surface area contributed by atoms with Gasteiger partial charge in [-0.05, 0) is 160 Å². The molecular formula is C114H170N10O26. The highest BCUT2D eigenvalue weighted by Gasteiger charge is 2.48. The maximum Gasteiger partial charge on any atom is 0.329 e. The summed E-state index contributed by atoms with van der Waals surface area (Å²) in [4.78, 5) is 246. The predicted molar refractivity (Wildman–Crippen MR) is 563 cm³/mol. The molecule has 4 aromatic rings. The summed E-state index contributed by atoms with van der Waals surface area (Å²) in [6, 6.07) is 22.9. The van der Waals surface area contributed by atoms with Gasteiger partial charge in [-0.3, -0.25) is 48.2 Å². The third kappa shape index (κ3) is 38.0. The summed E-state index contributed by atoms with van der Waals surface area (Å²) in [6.45, 7) is 42.3. The molecule has 0 aliphatic carbocycles. The van der Waals surface area contributed by atoms with Crippen LogP contribution in [0.4, 0.5) is 0 Å². The van der Waals surface area contributed by atoms with Gasteiger partial charge >= 0.3 is 47.8 Å². The molecule has 0 radical (unpaired) electrons. The number of hydrogen-bond acceptors (Lipinski definition) is 28. The van der Waals surface area contributed by atoms with Crippen LogP contribution in [-0.4, -0.2) is 350 Å². The van der Waals surface area contributed by atoms with E-state index in [1.807, 2.05) is 159 Å². The average molecular weight is 2100 g/mol. The molecule has 4 aliphatic rings. The first kappa shape index (κ1) is 125. The molecule has 36 heteroatoms. The summed E-state index contributed by atoms with van der Waals surface area (Å²) in [5, 5.41) is 0. The Morgan fingerprint density at radius 1 is 0.213 bits per heavy atom. The van der Waals surface area contributed by atoms with Crippen LogP contribution in [0, 0.1) is 47.3 Å². The number of cyclic esters (lactones) is 8. The lowest BCUT2D eigenvalue weighted by molar-refractivity contribution is -0.176. The normalized spacial score (nSPS) is 25.5. The summed E-state index contributed by atoms with van der Waals surface area (Å²) in [7, 11) is 11.2. The van der Waals surface area contributed by atoms with Crippen LogP contribution in [0.1, 0.15) is 223 Å². The molecule has 8 rings (SSSR count). The van der Waals surface area contributed by atoms with E-state index in [-0.39, 0.29) is 124 Å². The van der Waals surface area contributed by atoms with Gasteiger partial charge in [0.2, 0.25) is 0 Å². The van der Waals surface area contributed by atoms with Crippen molar-refractivity contribution in [2.24, 2.45) is 47.3 Å². The molecule has 16 atom stereocenters. The number of carbonyl (C=O) groups excluding carboxylic acids is 16. The van der Waals surface area contributed by atoms with Gasteiger partial charge in [0, 0.05) is 121 Å². The Morgan fingerprint density at radius 2 is 0.367 bits per heavy atom. The highest BCUT2D eigenvalue weighted by atomic mass is 16.6. The lowest BCUT2D eigenvalue weighted by Gasteiger charge is -2.35. The summed E-state index contributed by atoms with van der Waals surface area (Å²) in [5.74, 6) is -14.4. The quantitative estimate of drug-likeness (QED) is 0.0376. The Hall–Kier alpha value is -11.8. The second kappa shape index (κ2) is 59.9. The van der Waals surface area contributed by atoms with Gasteiger partial charge in [0.05, 0.1) is 26.4 Å². The number of nitrogens with zero attached hydrogens (tertiary/aromatic N) is 10. The second-order valence-electron chi connectivity index (χ2n) is 44.0. The van der Waals surface area contributed by atoms with Crippen LogP contribution in [0.5, 0.6) is 0 Å². The Bertz CT molecular complexity index is 4740. The number of rotatable bonds is 28. The van der Waals surface area contributed by atoms with E-state index in [4.69, 9.17) is 47.4 Å². The number of carbonyl (C=O) groups is 16. The van der Waals surface area contributed by atoms with Gasteiger partial charge in [0.25, 0.3) is 47.3 Å². The second-order valence-corrected chi connectivity index (χ2v) is 44.0. The lowest BCUT2D eigenvalue weighted by Crippen LogP contribution is -2.55. The molecule has 8 amide bonds. The van der Waals surface area contributed by atoms with Gasteiger partial charge in [-0.15, -0.1) is 0 Å². The van der Waals surface area contributed by atoms with Gasteiger partial charge < -0.3 is 86.6 Å². The van der Waals surface area contributed by atoms with Gasteiger partial charge in [0.15, 0.2) is 48.8 Å². The van der Waals surface area contributed by atoms with E-state index in [1.165, 1.54) is 93.9 Å². The van der Waals surface area contributed by atoms with Crippen molar-refractivity contribution in [3.8, 4) is 0 Å². The van der Waals surface area contributed by atoms with Crippen LogP contribution < -0.4 is 0 Å². The molecular weight excluding hydrogens is 1930 g/mol. The first-order valence-corrected chi connectivity index (χ1v) is 53.2. The standard InChI is InChI=1S/C62H94N6O14.C52H76N4O12/c1-39(2)31-49-59(73)79-43(9)55(69)63(11)52(34-42(7)8)62(76)82-54(36-46-17-21-48(22-18-46)38-68-25-29-78-30-26-68)58(72)66(14)50(32-40(3)4)60(74)80-44(10)56(70)64(12)51(33-41(5)6)61(75)81-53(57(71)65(49)13)35-45-15-19-47(20-16-45)37-67-23-27-77-28-24-67;1-31(2)25-39-49(61)65-35(9)45(57)53(11)42(28-34(7)8)52(64)68-44(30-38-23-19-16-20-24-38)48(60)56(14)40(26-32(3)4)50(62)66-36(10)46(58)54(12)41(27-33(5)6)51(63)67-43(47(59)55(39)13)29-37-21-17-15-18-22-37/h15-22,39-44,49-54H,23-38H2,1-14H3;15-24,31-36,39-44H,25-30H2,1-14H3/t43-,44-,49+,50+,51+,52+,53-,54-;35-,36-,39+,40+,41+,42+,43-,44-/m11/s1. The van der Waals surface area contributed by atoms with Crippen molar-refractivity contribution in [3.63, 3.8) is 0 Å². The molecule has 0 saturated carbocycles. The molecule has 4 aliphatic heterocycles. The minimum atomic E-state index is -1.51. The number of amides is 8. The molecule has 0 bridgehead atoms. The van der Waals surface area contributed by atoms with Crippen molar-refractivity contribution in [3.05, 3.63) is 143 Å². The third-order valence-corrected chi connectivity index (χ3v) is 27.4. The highest BCUT2D eigenvalue weighted by molar-refractivity contribution is 5.97. The summed E-state index contributed by atoms with van der Waals surface area (Å²) in [6.07, 6.45) is -11.3. The molecule has 4 fully saturated rings. The molecule has 150 heavy (non-hydrogen) atoms. The topological polar surface area (TPSA) is 398 Å². The molecule has 832 valence electrons. The fourth-order valence-electron chi connectivity index (χ4n) is 18.6. The van der Waals surface area contributed by atoms with E-state index in [0.717, 1.165) is 66.7 Å². The number of hydrogen-bond donors (Lipinski definition) is 0. The third-order valence-electron chi connectivity index (χ3n) is 27.4. The number of ether oxygens (including phenoxy) is 10. The monoisotopic (exact) mass is 2100 g/mol. The first-order chi connectivity index (χ1) is 70.6. The van der Waals surface area contributed by atoms with Crippen LogP contribution in [0.15, 0.2) is 109 Å². The molecule has 4 saturated heterocycles. The number of esters is 8. The van der Waals surface area contributed by atoms with Crippen LogP contribution in [-0.2, 0) is 163 Å². The van der Waals surface area contributed by atoms with E-state index in [0.29, 0.717) is 61.8 Å². The zero-order valence-electron chi connectivity index (χ0n) is 93.9. The van der Waals surface area contributed by atoms with Crippen LogP contribution >= 0.6 is 0 Å². The molecule has 0 N–H and O–H groups in total. The number of benzene rings is 4. The van der Waals surface area contributed by atoms with E-state index >= 15 is 9.59 Å². The Balaban J connectivity index is 0.000000413. The summed E-state index contributed by atoms with van der Waals surface area (Å²) < 4.78 is 59.1. The van der Waals surface area contributed by atoms with Gasteiger partial charge in [0.1, 0.15) is 48.3 Å². The van der Waals surface area contributed by atoms with Crippen molar-refractivity contribution in [2.75, 3.05) is 109 Å². The van der Waals surface area contributed by atoms with Crippen LogP contribution in [0.2, 0.25) is 0 Å².